The number of anilines is 1. The predicted octanol–water partition coefficient (Wildman–Crippen LogP) is 6.25. The summed E-state index contributed by atoms with van der Waals surface area (Å²) in [6.07, 6.45) is 0. The Morgan fingerprint density at radius 1 is 1.04 bits per heavy atom. The van der Waals surface area contributed by atoms with Crippen molar-refractivity contribution in [3.8, 4) is 11.5 Å². The van der Waals surface area contributed by atoms with Gasteiger partial charge in [0.15, 0.2) is 11.5 Å². The summed E-state index contributed by atoms with van der Waals surface area (Å²) in [7, 11) is 1.55. The van der Waals surface area contributed by atoms with E-state index in [-0.39, 0.29) is 5.91 Å². The second-order valence-corrected chi connectivity index (χ2v) is 7.48. The Morgan fingerprint density at radius 3 is 2.46 bits per heavy atom. The van der Waals surface area contributed by atoms with Crippen LogP contribution in [0.2, 0.25) is 5.02 Å². The average Bonchev–Trinajstić information content (AvgIpc) is 2.70. The highest BCUT2D eigenvalue weighted by molar-refractivity contribution is 9.10. The van der Waals surface area contributed by atoms with Crippen molar-refractivity contribution >= 4 is 39.1 Å². The summed E-state index contributed by atoms with van der Waals surface area (Å²) in [5, 5.41) is 3.34. The molecule has 0 aliphatic carbocycles. The molecule has 0 aliphatic heterocycles. The number of methoxy groups -OCH3 is 1. The van der Waals surface area contributed by atoms with E-state index in [1.54, 1.807) is 43.5 Å². The van der Waals surface area contributed by atoms with Crippen molar-refractivity contribution in [3.05, 3.63) is 86.8 Å². The van der Waals surface area contributed by atoms with E-state index in [4.69, 9.17) is 21.1 Å². The van der Waals surface area contributed by atoms with Gasteiger partial charge in [0.25, 0.3) is 5.91 Å². The maximum atomic E-state index is 12.5. The molecule has 0 saturated heterocycles. The molecule has 0 spiro atoms. The third-order valence-electron chi connectivity index (χ3n) is 4.12. The van der Waals surface area contributed by atoms with E-state index >= 15 is 0 Å². The molecule has 0 atom stereocenters. The highest BCUT2D eigenvalue weighted by Crippen LogP contribution is 2.30. The van der Waals surface area contributed by atoms with Crippen LogP contribution in [0.4, 0.5) is 5.69 Å². The maximum Gasteiger partial charge on any atom is 0.255 e. The van der Waals surface area contributed by atoms with Crippen LogP contribution in [0.3, 0.4) is 0 Å². The lowest BCUT2D eigenvalue weighted by Gasteiger charge is -2.13. The van der Waals surface area contributed by atoms with E-state index in [2.05, 4.69) is 21.2 Å². The van der Waals surface area contributed by atoms with E-state index in [9.17, 15) is 4.79 Å². The van der Waals surface area contributed by atoms with Crippen molar-refractivity contribution in [2.24, 2.45) is 0 Å². The van der Waals surface area contributed by atoms with Gasteiger partial charge in [-0.1, -0.05) is 41.4 Å². The van der Waals surface area contributed by atoms with Gasteiger partial charge in [0.2, 0.25) is 0 Å². The number of carbonyl (C=O) groups is 1. The van der Waals surface area contributed by atoms with Crippen LogP contribution >= 0.6 is 27.5 Å². The van der Waals surface area contributed by atoms with Gasteiger partial charge in [-0.2, -0.15) is 0 Å². The summed E-state index contributed by atoms with van der Waals surface area (Å²) in [4.78, 5) is 12.5. The van der Waals surface area contributed by atoms with Gasteiger partial charge >= 0.3 is 0 Å². The monoisotopic (exact) mass is 459 g/mol. The number of nitrogens with one attached hydrogen (secondary N) is 1. The number of halogens is 2. The number of aryl methyl sites for hydroxylation is 1. The van der Waals surface area contributed by atoms with Crippen molar-refractivity contribution in [3.63, 3.8) is 0 Å². The Hall–Kier alpha value is -2.50. The van der Waals surface area contributed by atoms with Crippen molar-refractivity contribution in [1.82, 2.24) is 0 Å². The first-order chi connectivity index (χ1) is 13.5. The van der Waals surface area contributed by atoms with Crippen LogP contribution in [0.25, 0.3) is 0 Å². The summed E-state index contributed by atoms with van der Waals surface area (Å²) < 4.78 is 12.0. The summed E-state index contributed by atoms with van der Waals surface area (Å²) in [6, 6.07) is 18.4. The van der Waals surface area contributed by atoms with Gasteiger partial charge in [0, 0.05) is 15.7 Å². The Kier molecular flexibility index (Phi) is 6.60. The molecule has 0 bridgehead atoms. The van der Waals surface area contributed by atoms with Gasteiger partial charge in [-0.3, -0.25) is 4.79 Å². The predicted molar refractivity (Wildman–Crippen MR) is 116 cm³/mol. The minimum absolute atomic E-state index is 0.262. The van der Waals surface area contributed by atoms with E-state index in [0.717, 1.165) is 10.0 Å². The summed E-state index contributed by atoms with van der Waals surface area (Å²) in [6.45, 7) is 2.46. The van der Waals surface area contributed by atoms with E-state index < -0.39 is 0 Å². The Labute approximate surface area is 177 Å². The van der Waals surface area contributed by atoms with Gasteiger partial charge in [0.1, 0.15) is 6.61 Å². The highest BCUT2D eigenvalue weighted by Gasteiger charge is 2.12. The fraction of sp³-hybridized carbons (Fsp3) is 0.136. The minimum Gasteiger partial charge on any atom is -0.493 e. The first kappa shape index (κ1) is 20.2. The lowest BCUT2D eigenvalue weighted by molar-refractivity contribution is 0.102. The molecule has 1 amide bonds. The van der Waals surface area contributed by atoms with Crippen molar-refractivity contribution in [2.75, 3.05) is 12.4 Å². The smallest absolute Gasteiger partial charge is 0.255 e. The molecular weight excluding hydrogens is 442 g/mol. The Morgan fingerprint density at radius 2 is 1.79 bits per heavy atom. The molecule has 0 radical (unpaired) electrons. The molecule has 28 heavy (non-hydrogen) atoms. The number of carbonyl (C=O) groups excluding carboxylic acids is 1. The van der Waals surface area contributed by atoms with Gasteiger partial charge in [-0.25, -0.2) is 0 Å². The van der Waals surface area contributed by atoms with Crippen LogP contribution in [0.1, 0.15) is 21.5 Å². The molecule has 1 N–H and O–H groups in total. The molecule has 0 heterocycles. The molecule has 4 nitrogen and oxygen atoms in total. The highest BCUT2D eigenvalue weighted by atomic mass is 79.9. The second kappa shape index (κ2) is 9.13. The number of ether oxygens (including phenoxy) is 2. The first-order valence-corrected chi connectivity index (χ1v) is 9.76. The van der Waals surface area contributed by atoms with E-state index in [0.29, 0.717) is 34.4 Å². The molecule has 0 unspecified atom stereocenters. The third kappa shape index (κ3) is 5.06. The van der Waals surface area contributed by atoms with Crippen molar-refractivity contribution in [1.29, 1.82) is 0 Å². The molecule has 6 heteroatoms. The van der Waals surface area contributed by atoms with Gasteiger partial charge in [-0.15, -0.1) is 0 Å². The molecule has 0 saturated carbocycles. The summed E-state index contributed by atoms with van der Waals surface area (Å²) >= 11 is 9.40. The lowest BCUT2D eigenvalue weighted by atomic mass is 10.1. The molecule has 0 aliphatic rings. The van der Waals surface area contributed by atoms with Crippen LogP contribution < -0.4 is 14.8 Å². The van der Waals surface area contributed by atoms with E-state index in [1.807, 2.05) is 31.2 Å². The summed E-state index contributed by atoms with van der Waals surface area (Å²) in [5.74, 6) is 0.807. The average molecular weight is 461 g/mol. The zero-order valence-electron chi connectivity index (χ0n) is 15.5. The first-order valence-electron chi connectivity index (χ1n) is 8.59. The molecule has 3 aromatic carbocycles. The molecule has 3 rings (SSSR count). The minimum atomic E-state index is -0.262. The van der Waals surface area contributed by atoms with Crippen molar-refractivity contribution < 1.29 is 14.3 Å². The van der Waals surface area contributed by atoms with Crippen LogP contribution in [0.5, 0.6) is 11.5 Å². The fourth-order valence-corrected chi connectivity index (χ4v) is 2.98. The zero-order valence-corrected chi connectivity index (χ0v) is 17.8. The van der Waals surface area contributed by atoms with Crippen LogP contribution in [0, 0.1) is 6.92 Å². The number of hydrogen-bond donors (Lipinski definition) is 1. The summed E-state index contributed by atoms with van der Waals surface area (Å²) in [5.41, 5.74) is 3.32. The Bertz CT molecular complexity index is 990. The zero-order chi connectivity index (χ0) is 20.1. The molecule has 144 valence electrons. The van der Waals surface area contributed by atoms with Crippen LogP contribution in [0.15, 0.2) is 65.1 Å². The van der Waals surface area contributed by atoms with Gasteiger partial charge in [-0.05, 0) is 64.8 Å². The topological polar surface area (TPSA) is 47.6 Å². The number of benzene rings is 3. The van der Waals surface area contributed by atoms with Gasteiger partial charge in [0.05, 0.1) is 12.1 Å². The fourth-order valence-electron chi connectivity index (χ4n) is 2.55. The second-order valence-electron chi connectivity index (χ2n) is 6.22. The normalized spacial score (nSPS) is 10.4. The molecule has 3 aromatic rings. The quantitative estimate of drug-likeness (QED) is 0.473. The number of hydrogen-bond acceptors (Lipinski definition) is 3. The standard InChI is InChI=1S/C22H19BrClNO3/c1-14-3-5-15(6-4-14)13-28-20-10-7-16(11-21(20)27-2)22(26)25-17-8-9-18(23)19(24)12-17/h3-12H,13H2,1-2H3,(H,25,26). The molecule has 0 aromatic heterocycles. The van der Waals surface area contributed by atoms with Crippen LogP contribution in [-0.2, 0) is 6.61 Å². The largest absolute Gasteiger partial charge is 0.493 e. The Balaban J connectivity index is 1.71. The maximum absolute atomic E-state index is 12.5. The van der Waals surface area contributed by atoms with E-state index in [1.165, 1.54) is 5.56 Å². The van der Waals surface area contributed by atoms with Crippen molar-refractivity contribution in [2.45, 2.75) is 13.5 Å². The number of rotatable bonds is 6. The number of amides is 1. The molecular formula is C22H19BrClNO3. The third-order valence-corrected chi connectivity index (χ3v) is 5.35. The van der Waals surface area contributed by atoms with Crippen LogP contribution in [-0.4, -0.2) is 13.0 Å². The molecule has 0 fully saturated rings. The lowest BCUT2D eigenvalue weighted by Crippen LogP contribution is -2.12. The SMILES string of the molecule is COc1cc(C(=O)Nc2ccc(Br)c(Cl)c2)ccc1OCc1ccc(C)cc1. The van der Waals surface area contributed by atoms with Gasteiger partial charge < -0.3 is 14.8 Å².